The number of aliphatic hydroxyl groups excluding tert-OH is 1. The lowest BCUT2D eigenvalue weighted by atomic mass is 10.1. The number of carbonyl (C=O) groups is 2. The molecular weight excluding hydrogens is 140 g/mol. The van der Waals surface area contributed by atoms with Gasteiger partial charge in [0.25, 0.3) is 0 Å². The third kappa shape index (κ3) is 2.02. The summed E-state index contributed by atoms with van der Waals surface area (Å²) in [6.07, 6.45) is -1.82. The largest absolute Gasteiger partial charge is 0.481 e. The zero-order valence-electron chi connectivity index (χ0n) is 5.31. The van der Waals surface area contributed by atoms with E-state index in [4.69, 9.17) is 15.3 Å². The molecule has 0 spiro atoms. The Bertz CT molecular complexity index is 134. The monoisotopic (exact) mass is 148 g/mol. The van der Waals surface area contributed by atoms with Crippen molar-refractivity contribution < 1.29 is 24.9 Å². The first-order valence-corrected chi connectivity index (χ1v) is 2.60. The predicted molar refractivity (Wildman–Crippen MR) is 30.4 cm³/mol. The van der Waals surface area contributed by atoms with Gasteiger partial charge in [0.1, 0.15) is 0 Å². The molecular formula is C5H8O5. The van der Waals surface area contributed by atoms with E-state index in [2.05, 4.69) is 0 Å². The van der Waals surface area contributed by atoms with Crippen LogP contribution >= 0.6 is 0 Å². The number of hydrogen-bond acceptors (Lipinski definition) is 3. The molecule has 0 bridgehead atoms. The second kappa shape index (κ2) is 3.17. The van der Waals surface area contributed by atoms with Gasteiger partial charge in [0.15, 0.2) is 6.10 Å². The second-order valence-electron chi connectivity index (χ2n) is 1.91. The van der Waals surface area contributed by atoms with Crippen LogP contribution in [0.25, 0.3) is 0 Å². The fourth-order valence-corrected chi connectivity index (χ4v) is 0.349. The molecule has 0 aromatic carbocycles. The maximum Gasteiger partial charge on any atom is 0.333 e. The molecule has 3 N–H and O–H groups in total. The van der Waals surface area contributed by atoms with E-state index in [1.807, 2.05) is 0 Å². The number of rotatable bonds is 3. The number of aliphatic hydroxyl groups is 1. The molecule has 0 rings (SSSR count). The van der Waals surface area contributed by atoms with Crippen molar-refractivity contribution >= 4 is 11.9 Å². The van der Waals surface area contributed by atoms with Gasteiger partial charge in [-0.2, -0.15) is 0 Å². The molecule has 0 radical (unpaired) electrons. The van der Waals surface area contributed by atoms with E-state index in [0.29, 0.717) is 0 Å². The van der Waals surface area contributed by atoms with Crippen LogP contribution in [0.1, 0.15) is 6.92 Å². The Morgan fingerprint density at radius 2 is 1.60 bits per heavy atom. The summed E-state index contributed by atoms with van der Waals surface area (Å²) in [5, 5.41) is 24.9. The van der Waals surface area contributed by atoms with Crippen LogP contribution < -0.4 is 0 Å². The van der Waals surface area contributed by atoms with E-state index >= 15 is 0 Å². The lowest BCUT2D eigenvalue weighted by Crippen LogP contribution is -2.32. The lowest BCUT2D eigenvalue weighted by Gasteiger charge is -2.08. The second-order valence-corrected chi connectivity index (χ2v) is 1.91. The van der Waals surface area contributed by atoms with Crippen molar-refractivity contribution in [3.63, 3.8) is 0 Å². The van der Waals surface area contributed by atoms with Crippen LogP contribution in [0.15, 0.2) is 0 Å². The van der Waals surface area contributed by atoms with E-state index in [-0.39, 0.29) is 0 Å². The van der Waals surface area contributed by atoms with Crippen molar-refractivity contribution in [2.45, 2.75) is 13.0 Å². The third-order valence-electron chi connectivity index (χ3n) is 1.12. The fraction of sp³-hybridized carbons (Fsp3) is 0.600. The van der Waals surface area contributed by atoms with Gasteiger partial charge in [-0.1, -0.05) is 0 Å². The molecule has 0 aromatic rings. The molecule has 0 aliphatic carbocycles. The van der Waals surface area contributed by atoms with Crippen LogP contribution in [0.5, 0.6) is 0 Å². The fourth-order valence-electron chi connectivity index (χ4n) is 0.349. The van der Waals surface area contributed by atoms with Gasteiger partial charge in [-0.3, -0.25) is 4.79 Å². The topological polar surface area (TPSA) is 94.8 Å². The zero-order valence-corrected chi connectivity index (χ0v) is 5.31. The van der Waals surface area contributed by atoms with Crippen molar-refractivity contribution in [2.75, 3.05) is 0 Å². The van der Waals surface area contributed by atoms with E-state index in [1.54, 1.807) is 0 Å². The highest BCUT2D eigenvalue weighted by Gasteiger charge is 2.26. The van der Waals surface area contributed by atoms with E-state index in [1.165, 1.54) is 0 Å². The van der Waals surface area contributed by atoms with Gasteiger partial charge in [-0.25, -0.2) is 4.79 Å². The summed E-state index contributed by atoms with van der Waals surface area (Å²) >= 11 is 0. The van der Waals surface area contributed by atoms with Gasteiger partial charge in [0.2, 0.25) is 0 Å². The lowest BCUT2D eigenvalue weighted by molar-refractivity contribution is -0.158. The molecule has 0 heterocycles. The quantitative estimate of drug-likeness (QED) is 0.484. The van der Waals surface area contributed by atoms with Crippen molar-refractivity contribution in [1.29, 1.82) is 0 Å². The Morgan fingerprint density at radius 1 is 1.20 bits per heavy atom. The maximum atomic E-state index is 10.0. The highest BCUT2D eigenvalue weighted by atomic mass is 16.4. The van der Waals surface area contributed by atoms with Gasteiger partial charge >= 0.3 is 11.9 Å². The molecule has 0 amide bonds. The smallest absolute Gasteiger partial charge is 0.333 e. The Labute approximate surface area is 56.9 Å². The molecule has 5 heteroatoms. The van der Waals surface area contributed by atoms with Crippen molar-refractivity contribution in [3.8, 4) is 0 Å². The Morgan fingerprint density at radius 3 is 1.70 bits per heavy atom. The molecule has 5 nitrogen and oxygen atoms in total. The van der Waals surface area contributed by atoms with E-state index in [9.17, 15) is 9.59 Å². The molecule has 1 unspecified atom stereocenters. The van der Waals surface area contributed by atoms with Crippen molar-refractivity contribution in [1.82, 2.24) is 0 Å². The van der Waals surface area contributed by atoms with Gasteiger partial charge in [0, 0.05) is 0 Å². The Hall–Kier alpha value is -1.10. The molecule has 0 aliphatic heterocycles. The summed E-state index contributed by atoms with van der Waals surface area (Å²) < 4.78 is 0. The first-order valence-electron chi connectivity index (χ1n) is 2.60. The van der Waals surface area contributed by atoms with Crippen LogP contribution in [0.3, 0.4) is 0 Å². The Kier molecular flexibility index (Phi) is 2.82. The minimum Gasteiger partial charge on any atom is -0.481 e. The zero-order chi connectivity index (χ0) is 8.31. The Balaban J connectivity index is 4.07. The summed E-state index contributed by atoms with van der Waals surface area (Å²) in [5.74, 6) is -4.11. The number of aliphatic carboxylic acids is 2. The van der Waals surface area contributed by atoms with Crippen LogP contribution in [0.2, 0.25) is 0 Å². The van der Waals surface area contributed by atoms with Gasteiger partial charge in [-0.05, 0) is 6.92 Å². The van der Waals surface area contributed by atoms with Crippen LogP contribution in [-0.2, 0) is 9.59 Å². The molecule has 2 atom stereocenters. The normalized spacial score (nSPS) is 15.8. The minimum absolute atomic E-state index is 1.13. The molecule has 0 aliphatic rings. The highest BCUT2D eigenvalue weighted by Crippen LogP contribution is 2.01. The summed E-state index contributed by atoms with van der Waals surface area (Å²) in [6, 6.07) is 0. The molecule has 0 saturated heterocycles. The maximum absolute atomic E-state index is 10.0. The predicted octanol–water partition coefficient (Wildman–Crippen LogP) is -0.847. The highest BCUT2D eigenvalue weighted by molar-refractivity contribution is 5.81. The number of carboxylic acid groups (broad SMARTS) is 2. The minimum atomic E-state index is -1.82. The van der Waals surface area contributed by atoms with Gasteiger partial charge in [0.05, 0.1) is 5.92 Å². The number of carboxylic acids is 2. The van der Waals surface area contributed by atoms with Crippen LogP contribution in [0.4, 0.5) is 0 Å². The van der Waals surface area contributed by atoms with E-state index < -0.39 is 24.0 Å². The average Bonchev–Trinajstić information content (AvgIpc) is 1.84. The van der Waals surface area contributed by atoms with Gasteiger partial charge in [-0.15, -0.1) is 0 Å². The van der Waals surface area contributed by atoms with Crippen molar-refractivity contribution in [2.24, 2.45) is 5.92 Å². The molecule has 58 valence electrons. The first kappa shape index (κ1) is 8.90. The van der Waals surface area contributed by atoms with Crippen LogP contribution in [0, 0.1) is 5.92 Å². The average molecular weight is 148 g/mol. The number of hydrogen-bond donors (Lipinski definition) is 3. The van der Waals surface area contributed by atoms with Crippen LogP contribution in [-0.4, -0.2) is 33.4 Å². The van der Waals surface area contributed by atoms with E-state index in [0.717, 1.165) is 6.92 Å². The standard InChI is InChI=1S/C5H8O5/c1-2(4(7)8)3(6)5(9)10/h2-3,6H,1H3,(H,7,8)(H,9,10)/t2?,3-/m0/s1. The third-order valence-corrected chi connectivity index (χ3v) is 1.12. The molecule has 0 aromatic heterocycles. The molecule has 0 fully saturated rings. The summed E-state index contributed by atoms with van der Waals surface area (Å²) in [4.78, 5) is 20.0. The van der Waals surface area contributed by atoms with Gasteiger partial charge < -0.3 is 15.3 Å². The molecule has 0 saturated carbocycles. The summed E-state index contributed by atoms with van der Waals surface area (Å²) in [5.41, 5.74) is 0. The first-order chi connectivity index (χ1) is 4.46. The van der Waals surface area contributed by atoms with Crippen molar-refractivity contribution in [3.05, 3.63) is 0 Å². The summed E-state index contributed by atoms with van der Waals surface area (Å²) in [6.45, 7) is 1.13. The SMILES string of the molecule is CC(C(=O)O)[C@H](O)C(=O)O. The molecule has 10 heavy (non-hydrogen) atoms. The summed E-state index contributed by atoms with van der Waals surface area (Å²) in [7, 11) is 0.